The van der Waals surface area contributed by atoms with Crippen LogP contribution in [-0.2, 0) is 27.1 Å². The van der Waals surface area contributed by atoms with E-state index in [4.69, 9.17) is 9.47 Å². The third-order valence-electron chi connectivity index (χ3n) is 4.87. The SMILES string of the molecule is CCc1ccc(C(C)NC(=O)COC(=O)c2[nH]c(CC)c(C(=O)OC)c2C)cc1. The van der Waals surface area contributed by atoms with Crippen molar-refractivity contribution in [3.8, 4) is 0 Å². The highest BCUT2D eigenvalue weighted by molar-refractivity contribution is 5.99. The van der Waals surface area contributed by atoms with Gasteiger partial charge in [0.1, 0.15) is 5.69 Å². The van der Waals surface area contributed by atoms with Crippen molar-refractivity contribution < 1.29 is 23.9 Å². The fourth-order valence-corrected chi connectivity index (χ4v) is 3.12. The summed E-state index contributed by atoms with van der Waals surface area (Å²) in [5, 5.41) is 2.81. The van der Waals surface area contributed by atoms with Gasteiger partial charge in [-0.1, -0.05) is 38.1 Å². The van der Waals surface area contributed by atoms with Gasteiger partial charge in [-0.15, -0.1) is 0 Å². The molecule has 0 fully saturated rings. The van der Waals surface area contributed by atoms with E-state index in [1.54, 1.807) is 6.92 Å². The van der Waals surface area contributed by atoms with Gasteiger partial charge < -0.3 is 19.8 Å². The lowest BCUT2D eigenvalue weighted by atomic mass is 10.1. The van der Waals surface area contributed by atoms with Crippen LogP contribution in [0.5, 0.6) is 0 Å². The van der Waals surface area contributed by atoms with Crippen LogP contribution in [0.15, 0.2) is 24.3 Å². The van der Waals surface area contributed by atoms with Crippen molar-refractivity contribution >= 4 is 17.8 Å². The Bertz CT molecular complexity index is 883. The van der Waals surface area contributed by atoms with E-state index in [0.29, 0.717) is 23.2 Å². The number of aromatic nitrogens is 1. The molecule has 1 heterocycles. The number of carbonyl (C=O) groups is 3. The molecule has 2 aromatic rings. The number of esters is 2. The highest BCUT2D eigenvalue weighted by Gasteiger charge is 2.25. The average Bonchev–Trinajstić information content (AvgIpc) is 3.07. The molecule has 0 saturated heterocycles. The van der Waals surface area contributed by atoms with E-state index >= 15 is 0 Å². The lowest BCUT2D eigenvalue weighted by Gasteiger charge is -2.15. The van der Waals surface area contributed by atoms with E-state index in [1.165, 1.54) is 12.7 Å². The molecule has 29 heavy (non-hydrogen) atoms. The van der Waals surface area contributed by atoms with Gasteiger partial charge in [0.15, 0.2) is 6.61 Å². The molecule has 0 bridgehead atoms. The second kappa shape index (κ2) is 9.91. The number of aromatic amines is 1. The van der Waals surface area contributed by atoms with E-state index in [-0.39, 0.29) is 11.7 Å². The summed E-state index contributed by atoms with van der Waals surface area (Å²) in [5.74, 6) is -1.61. The van der Waals surface area contributed by atoms with E-state index < -0.39 is 24.5 Å². The first-order chi connectivity index (χ1) is 13.8. The maximum atomic E-state index is 12.4. The minimum atomic E-state index is -0.692. The highest BCUT2D eigenvalue weighted by Crippen LogP contribution is 2.21. The number of amides is 1. The summed E-state index contributed by atoms with van der Waals surface area (Å²) in [7, 11) is 1.29. The number of rotatable bonds is 8. The number of hydrogen-bond donors (Lipinski definition) is 2. The quantitative estimate of drug-likeness (QED) is 0.663. The Morgan fingerprint density at radius 3 is 2.28 bits per heavy atom. The number of carbonyl (C=O) groups excluding carboxylic acids is 3. The van der Waals surface area contributed by atoms with Gasteiger partial charge >= 0.3 is 11.9 Å². The summed E-state index contributed by atoms with van der Waals surface area (Å²) in [4.78, 5) is 39.4. The zero-order chi connectivity index (χ0) is 21.6. The van der Waals surface area contributed by atoms with Crippen molar-refractivity contribution in [3.63, 3.8) is 0 Å². The lowest BCUT2D eigenvalue weighted by Crippen LogP contribution is -2.31. The molecule has 1 atom stereocenters. The Balaban J connectivity index is 1.98. The third kappa shape index (κ3) is 5.25. The van der Waals surface area contributed by atoms with Crippen molar-refractivity contribution in [1.82, 2.24) is 10.3 Å². The predicted octanol–water partition coefficient (Wildman–Crippen LogP) is 3.27. The largest absolute Gasteiger partial charge is 0.465 e. The Kier molecular flexibility index (Phi) is 7.59. The zero-order valence-corrected chi connectivity index (χ0v) is 17.5. The maximum Gasteiger partial charge on any atom is 0.355 e. The molecule has 0 aliphatic rings. The molecule has 1 aromatic carbocycles. The molecule has 2 N–H and O–H groups in total. The number of aryl methyl sites for hydroxylation is 2. The van der Waals surface area contributed by atoms with Crippen LogP contribution in [0.4, 0.5) is 0 Å². The number of H-pyrrole nitrogens is 1. The van der Waals surface area contributed by atoms with Gasteiger partial charge in [0.25, 0.3) is 5.91 Å². The van der Waals surface area contributed by atoms with E-state index in [0.717, 1.165) is 12.0 Å². The van der Waals surface area contributed by atoms with E-state index in [1.807, 2.05) is 38.1 Å². The molecule has 0 saturated carbocycles. The number of methoxy groups -OCH3 is 1. The van der Waals surface area contributed by atoms with Crippen LogP contribution in [-0.4, -0.2) is 36.5 Å². The second-order valence-corrected chi connectivity index (χ2v) is 6.78. The van der Waals surface area contributed by atoms with Crippen molar-refractivity contribution in [2.24, 2.45) is 0 Å². The number of benzene rings is 1. The first kappa shape index (κ1) is 22.2. The molecular formula is C22H28N2O5. The van der Waals surface area contributed by atoms with Crippen LogP contribution in [0.2, 0.25) is 0 Å². The smallest absolute Gasteiger partial charge is 0.355 e. The third-order valence-corrected chi connectivity index (χ3v) is 4.87. The minimum absolute atomic E-state index is 0.151. The predicted molar refractivity (Wildman–Crippen MR) is 109 cm³/mol. The van der Waals surface area contributed by atoms with Crippen LogP contribution < -0.4 is 5.32 Å². The van der Waals surface area contributed by atoms with Crippen LogP contribution in [0.3, 0.4) is 0 Å². The minimum Gasteiger partial charge on any atom is -0.465 e. The number of ether oxygens (including phenoxy) is 2. The molecule has 156 valence electrons. The molecule has 0 spiro atoms. The van der Waals surface area contributed by atoms with Gasteiger partial charge in [-0.2, -0.15) is 0 Å². The topological polar surface area (TPSA) is 97.5 Å². The zero-order valence-electron chi connectivity index (χ0n) is 17.5. The van der Waals surface area contributed by atoms with Crippen LogP contribution in [0.25, 0.3) is 0 Å². The average molecular weight is 400 g/mol. The van der Waals surface area contributed by atoms with E-state index in [2.05, 4.69) is 17.2 Å². The number of nitrogens with one attached hydrogen (secondary N) is 2. The van der Waals surface area contributed by atoms with Gasteiger partial charge in [-0.25, -0.2) is 9.59 Å². The maximum absolute atomic E-state index is 12.4. The molecule has 2 rings (SSSR count). The fourth-order valence-electron chi connectivity index (χ4n) is 3.12. The summed E-state index contributed by atoms with van der Waals surface area (Å²) >= 11 is 0. The Hall–Kier alpha value is -3.09. The van der Waals surface area contributed by atoms with Gasteiger partial charge in [-0.05, 0) is 43.4 Å². The molecular weight excluding hydrogens is 372 g/mol. The number of hydrogen-bond acceptors (Lipinski definition) is 5. The lowest BCUT2D eigenvalue weighted by molar-refractivity contribution is -0.124. The molecule has 7 heteroatoms. The van der Waals surface area contributed by atoms with Crippen LogP contribution in [0, 0.1) is 6.92 Å². The van der Waals surface area contributed by atoms with Crippen molar-refractivity contribution in [3.05, 3.63) is 57.9 Å². The molecule has 0 aliphatic carbocycles. The highest BCUT2D eigenvalue weighted by atomic mass is 16.5. The molecule has 7 nitrogen and oxygen atoms in total. The van der Waals surface area contributed by atoms with Gasteiger partial charge in [-0.3, -0.25) is 4.79 Å². The summed E-state index contributed by atoms with van der Waals surface area (Å²) in [6.45, 7) is 7.03. The summed E-state index contributed by atoms with van der Waals surface area (Å²) in [6.07, 6.45) is 1.47. The Labute approximate surface area is 170 Å². The second-order valence-electron chi connectivity index (χ2n) is 6.78. The molecule has 1 amide bonds. The van der Waals surface area contributed by atoms with Gasteiger partial charge in [0.05, 0.1) is 18.7 Å². The molecule has 1 aromatic heterocycles. The summed E-state index contributed by atoms with van der Waals surface area (Å²) < 4.78 is 9.91. The van der Waals surface area contributed by atoms with Crippen molar-refractivity contribution in [1.29, 1.82) is 0 Å². The molecule has 1 unspecified atom stereocenters. The van der Waals surface area contributed by atoms with E-state index in [9.17, 15) is 14.4 Å². The summed E-state index contributed by atoms with van der Waals surface area (Å²) in [6, 6.07) is 7.78. The first-order valence-electron chi connectivity index (χ1n) is 9.67. The molecule has 0 aliphatic heterocycles. The standard InChI is InChI=1S/C22H28N2O5/c1-6-15-8-10-16(11-9-15)14(4)23-18(25)12-29-22(27)20-13(3)19(21(26)28-5)17(7-2)24-20/h8-11,14,24H,6-7,12H2,1-5H3,(H,23,25). The van der Waals surface area contributed by atoms with Crippen molar-refractivity contribution in [2.45, 2.75) is 46.6 Å². The summed E-state index contributed by atoms with van der Waals surface area (Å²) in [5.41, 5.74) is 3.71. The monoisotopic (exact) mass is 400 g/mol. The molecule has 0 radical (unpaired) electrons. The first-order valence-corrected chi connectivity index (χ1v) is 9.67. The van der Waals surface area contributed by atoms with Gasteiger partial charge in [0, 0.05) is 5.69 Å². The normalized spacial score (nSPS) is 11.6. The van der Waals surface area contributed by atoms with Crippen LogP contribution >= 0.6 is 0 Å². The van der Waals surface area contributed by atoms with Crippen molar-refractivity contribution in [2.75, 3.05) is 13.7 Å². The van der Waals surface area contributed by atoms with Crippen LogP contribution in [0.1, 0.15) is 70.0 Å². The Morgan fingerprint density at radius 1 is 1.07 bits per heavy atom. The van der Waals surface area contributed by atoms with Gasteiger partial charge in [0.2, 0.25) is 0 Å². The fraction of sp³-hybridized carbons (Fsp3) is 0.409. The Morgan fingerprint density at radius 2 is 1.72 bits per heavy atom.